The molecule has 0 bridgehead atoms. The maximum atomic E-state index is 11.9. The van der Waals surface area contributed by atoms with Gasteiger partial charge in [0.05, 0.1) is 11.8 Å². The van der Waals surface area contributed by atoms with Crippen molar-refractivity contribution in [2.24, 2.45) is 0 Å². The summed E-state index contributed by atoms with van der Waals surface area (Å²) in [6, 6.07) is 5.57. The number of rotatable bonds is 5. The molecule has 0 spiro atoms. The number of amides is 1. The number of anilines is 1. The molecule has 1 amide bonds. The first-order valence-corrected chi connectivity index (χ1v) is 7.80. The molecule has 2 rings (SSSR count). The number of aryl methyl sites for hydroxylation is 1. The highest BCUT2D eigenvalue weighted by Gasteiger charge is 2.12. The van der Waals surface area contributed by atoms with E-state index >= 15 is 0 Å². The van der Waals surface area contributed by atoms with Gasteiger partial charge in [0.2, 0.25) is 11.1 Å². The molecule has 1 N–H and O–H groups in total. The Kier molecular flexibility index (Phi) is 5.19. The molecule has 1 aromatic carbocycles. The summed E-state index contributed by atoms with van der Waals surface area (Å²) in [6.45, 7) is 5.87. The quantitative estimate of drug-likeness (QED) is 0.856. The number of nitrogens with one attached hydrogen (secondary N) is 1. The topological polar surface area (TPSA) is 72.7 Å². The van der Waals surface area contributed by atoms with Crippen LogP contribution in [-0.4, -0.2) is 31.9 Å². The number of hydrogen-bond acceptors (Lipinski definition) is 5. The van der Waals surface area contributed by atoms with Gasteiger partial charge in [0, 0.05) is 10.7 Å². The van der Waals surface area contributed by atoms with Gasteiger partial charge in [-0.2, -0.15) is 0 Å². The molecule has 1 heterocycles. The normalized spacial score (nSPS) is 10.9. The molecular formula is C13H16ClN5OS. The molecule has 0 radical (unpaired) electrons. The van der Waals surface area contributed by atoms with Gasteiger partial charge in [0.1, 0.15) is 0 Å². The Morgan fingerprint density at radius 1 is 1.48 bits per heavy atom. The summed E-state index contributed by atoms with van der Waals surface area (Å²) in [5, 5.41) is 15.5. The van der Waals surface area contributed by atoms with Crippen LogP contribution in [0.2, 0.25) is 5.02 Å². The van der Waals surface area contributed by atoms with Gasteiger partial charge < -0.3 is 5.32 Å². The van der Waals surface area contributed by atoms with E-state index in [2.05, 4.69) is 20.8 Å². The van der Waals surface area contributed by atoms with Gasteiger partial charge >= 0.3 is 0 Å². The molecule has 21 heavy (non-hydrogen) atoms. The number of carbonyl (C=O) groups is 1. The third-order valence-electron chi connectivity index (χ3n) is 2.74. The maximum absolute atomic E-state index is 11.9. The van der Waals surface area contributed by atoms with Crippen molar-refractivity contribution in [3.8, 4) is 0 Å². The Morgan fingerprint density at radius 3 is 2.90 bits per heavy atom. The number of benzene rings is 1. The van der Waals surface area contributed by atoms with E-state index in [1.807, 2.05) is 32.9 Å². The van der Waals surface area contributed by atoms with E-state index in [0.29, 0.717) is 15.9 Å². The number of tetrazole rings is 1. The molecule has 0 aliphatic heterocycles. The third-order valence-corrected chi connectivity index (χ3v) is 4.08. The SMILES string of the molecule is Cc1ccc(NC(=O)CSc2nnnn2C(C)C)cc1Cl. The van der Waals surface area contributed by atoms with E-state index in [0.717, 1.165) is 5.56 Å². The van der Waals surface area contributed by atoms with E-state index < -0.39 is 0 Å². The highest BCUT2D eigenvalue weighted by molar-refractivity contribution is 7.99. The highest BCUT2D eigenvalue weighted by atomic mass is 35.5. The van der Waals surface area contributed by atoms with Crippen LogP contribution in [0.3, 0.4) is 0 Å². The van der Waals surface area contributed by atoms with Crippen molar-refractivity contribution < 1.29 is 4.79 Å². The van der Waals surface area contributed by atoms with Gasteiger partial charge in [-0.3, -0.25) is 4.79 Å². The van der Waals surface area contributed by atoms with Gasteiger partial charge in [0.15, 0.2) is 0 Å². The lowest BCUT2D eigenvalue weighted by Crippen LogP contribution is -2.15. The smallest absolute Gasteiger partial charge is 0.234 e. The molecule has 0 saturated carbocycles. The van der Waals surface area contributed by atoms with Gasteiger partial charge in [-0.05, 0) is 48.9 Å². The number of thioether (sulfide) groups is 1. The zero-order chi connectivity index (χ0) is 15.4. The molecule has 0 unspecified atom stereocenters. The molecule has 112 valence electrons. The second-order valence-electron chi connectivity index (χ2n) is 4.80. The molecule has 6 nitrogen and oxygen atoms in total. The van der Waals surface area contributed by atoms with Crippen LogP contribution in [0.1, 0.15) is 25.5 Å². The van der Waals surface area contributed by atoms with E-state index in [1.54, 1.807) is 10.7 Å². The van der Waals surface area contributed by atoms with Crippen LogP contribution in [0.4, 0.5) is 5.69 Å². The largest absolute Gasteiger partial charge is 0.325 e. The first-order chi connectivity index (χ1) is 9.97. The molecule has 8 heteroatoms. The fraction of sp³-hybridized carbons (Fsp3) is 0.385. The minimum atomic E-state index is -0.127. The molecule has 0 atom stereocenters. The Morgan fingerprint density at radius 2 is 2.24 bits per heavy atom. The van der Waals surface area contributed by atoms with Crippen molar-refractivity contribution in [1.82, 2.24) is 20.2 Å². The standard InChI is InChI=1S/C13H16ClN5OS/c1-8(2)19-13(16-17-18-19)21-7-12(20)15-10-5-4-9(3)11(14)6-10/h4-6,8H,7H2,1-3H3,(H,15,20). The third kappa shape index (κ3) is 4.18. The van der Waals surface area contributed by atoms with Crippen LogP contribution in [0.5, 0.6) is 0 Å². The predicted octanol–water partition coefficient (Wildman–Crippen LogP) is 2.95. The molecule has 1 aromatic heterocycles. The van der Waals surface area contributed by atoms with Crippen LogP contribution in [-0.2, 0) is 4.79 Å². The van der Waals surface area contributed by atoms with Crippen molar-refractivity contribution >= 4 is 35.0 Å². The minimum Gasteiger partial charge on any atom is -0.325 e. The summed E-state index contributed by atoms with van der Waals surface area (Å²) < 4.78 is 1.68. The predicted molar refractivity (Wildman–Crippen MR) is 83.7 cm³/mol. The lowest BCUT2D eigenvalue weighted by molar-refractivity contribution is -0.113. The average molecular weight is 326 g/mol. The summed E-state index contributed by atoms with van der Waals surface area (Å²) in [5.41, 5.74) is 1.65. The van der Waals surface area contributed by atoms with Crippen LogP contribution in [0.25, 0.3) is 0 Å². The molecule has 0 aliphatic rings. The fourth-order valence-corrected chi connectivity index (χ4v) is 2.59. The van der Waals surface area contributed by atoms with Crippen LogP contribution in [0, 0.1) is 6.92 Å². The van der Waals surface area contributed by atoms with Crippen molar-refractivity contribution in [2.75, 3.05) is 11.1 Å². The number of nitrogens with zero attached hydrogens (tertiary/aromatic N) is 4. The van der Waals surface area contributed by atoms with Crippen LogP contribution in [0.15, 0.2) is 23.4 Å². The van der Waals surface area contributed by atoms with Gasteiger partial charge in [-0.15, -0.1) is 5.10 Å². The molecule has 0 saturated heterocycles. The minimum absolute atomic E-state index is 0.127. The molecule has 0 aliphatic carbocycles. The monoisotopic (exact) mass is 325 g/mol. The highest BCUT2D eigenvalue weighted by Crippen LogP contribution is 2.21. The van der Waals surface area contributed by atoms with Gasteiger partial charge in [-0.1, -0.05) is 29.4 Å². The lowest BCUT2D eigenvalue weighted by Gasteiger charge is -2.08. The second kappa shape index (κ2) is 6.91. The Hall–Kier alpha value is -1.60. The Bertz CT molecular complexity index is 643. The lowest BCUT2D eigenvalue weighted by atomic mass is 10.2. The summed E-state index contributed by atoms with van der Waals surface area (Å²) >= 11 is 7.32. The zero-order valence-electron chi connectivity index (χ0n) is 12.0. The summed E-state index contributed by atoms with van der Waals surface area (Å²) in [7, 11) is 0. The average Bonchev–Trinajstić information content (AvgIpc) is 2.89. The summed E-state index contributed by atoms with van der Waals surface area (Å²) in [6.07, 6.45) is 0. The molecule has 2 aromatic rings. The molecular weight excluding hydrogens is 310 g/mol. The van der Waals surface area contributed by atoms with Crippen molar-refractivity contribution in [3.05, 3.63) is 28.8 Å². The number of halogens is 1. The first-order valence-electron chi connectivity index (χ1n) is 6.44. The Labute approximate surface area is 132 Å². The van der Waals surface area contributed by atoms with Crippen LogP contribution >= 0.6 is 23.4 Å². The first kappa shape index (κ1) is 15.8. The maximum Gasteiger partial charge on any atom is 0.234 e. The number of carbonyl (C=O) groups excluding carboxylic acids is 1. The van der Waals surface area contributed by atoms with Crippen LogP contribution < -0.4 is 5.32 Å². The summed E-state index contributed by atoms with van der Waals surface area (Å²) in [4.78, 5) is 11.9. The summed E-state index contributed by atoms with van der Waals surface area (Å²) in [5.74, 6) is 0.108. The van der Waals surface area contributed by atoms with Crippen molar-refractivity contribution in [2.45, 2.75) is 32.0 Å². The second-order valence-corrected chi connectivity index (χ2v) is 6.15. The number of aromatic nitrogens is 4. The van der Waals surface area contributed by atoms with E-state index in [4.69, 9.17) is 11.6 Å². The van der Waals surface area contributed by atoms with E-state index in [-0.39, 0.29) is 17.7 Å². The number of hydrogen-bond donors (Lipinski definition) is 1. The van der Waals surface area contributed by atoms with Gasteiger partial charge in [0.25, 0.3) is 0 Å². The zero-order valence-corrected chi connectivity index (χ0v) is 13.6. The van der Waals surface area contributed by atoms with Crippen molar-refractivity contribution in [1.29, 1.82) is 0 Å². The van der Waals surface area contributed by atoms with Gasteiger partial charge in [-0.25, -0.2) is 4.68 Å². The fourth-order valence-electron chi connectivity index (χ4n) is 1.60. The molecule has 0 fully saturated rings. The van der Waals surface area contributed by atoms with E-state index in [1.165, 1.54) is 11.8 Å². The Balaban J connectivity index is 1.93. The van der Waals surface area contributed by atoms with Crippen molar-refractivity contribution in [3.63, 3.8) is 0 Å². The van der Waals surface area contributed by atoms with E-state index in [9.17, 15) is 4.79 Å².